The maximum atomic E-state index is 12.2. The highest BCUT2D eigenvalue weighted by molar-refractivity contribution is 9.10. The number of halogens is 3. The highest BCUT2D eigenvalue weighted by atomic mass is 79.9. The zero-order valence-electron chi connectivity index (χ0n) is 7.49. The Bertz CT molecular complexity index is 497. The molecule has 0 amide bonds. The van der Waals surface area contributed by atoms with Crippen molar-refractivity contribution >= 4 is 32.8 Å². The molecule has 0 aliphatic carbocycles. The van der Waals surface area contributed by atoms with E-state index in [-0.39, 0.29) is 5.82 Å². The molecular weight excluding hydrogens is 270 g/mol. The fraction of sp³-hybridized carbons (Fsp3) is 0.250. The molecule has 2 aromatic heterocycles. The summed E-state index contributed by atoms with van der Waals surface area (Å²) in [6.07, 6.45) is 0.359. The minimum Gasteiger partial charge on any atom is -0.383 e. The van der Waals surface area contributed by atoms with Gasteiger partial charge in [0.1, 0.15) is 17.8 Å². The molecular formula is C8H7BrF2N4. The Labute approximate surface area is 92.2 Å². The molecule has 4 nitrogen and oxygen atoms in total. The minimum absolute atomic E-state index is 0.278. The Morgan fingerprint density at radius 1 is 1.47 bits per heavy atom. The number of aromatic nitrogens is 3. The standard InChI is InChI=1S/C8H7BrF2N4/c9-4-1-15(2-5(10)11)8-6(4)7(12)13-3-14-8/h1,3,5H,2H2,(H2,12,13,14). The van der Waals surface area contributed by atoms with Crippen molar-refractivity contribution in [2.24, 2.45) is 0 Å². The molecule has 0 saturated carbocycles. The van der Waals surface area contributed by atoms with E-state index in [1.807, 2.05) is 0 Å². The molecule has 0 saturated heterocycles. The summed E-state index contributed by atoms with van der Waals surface area (Å²) in [5.41, 5.74) is 6.03. The van der Waals surface area contributed by atoms with Gasteiger partial charge in [0.25, 0.3) is 6.43 Å². The molecule has 0 aliphatic heterocycles. The van der Waals surface area contributed by atoms with Crippen LogP contribution in [0.25, 0.3) is 11.0 Å². The number of rotatable bonds is 2. The Morgan fingerprint density at radius 3 is 2.87 bits per heavy atom. The second-order valence-electron chi connectivity index (χ2n) is 2.98. The van der Waals surface area contributed by atoms with Crippen LogP contribution in [-0.4, -0.2) is 21.0 Å². The average molecular weight is 277 g/mol. The van der Waals surface area contributed by atoms with Gasteiger partial charge >= 0.3 is 0 Å². The van der Waals surface area contributed by atoms with Crippen LogP contribution >= 0.6 is 15.9 Å². The van der Waals surface area contributed by atoms with Crippen molar-refractivity contribution in [1.29, 1.82) is 0 Å². The topological polar surface area (TPSA) is 56.7 Å². The van der Waals surface area contributed by atoms with E-state index in [2.05, 4.69) is 25.9 Å². The van der Waals surface area contributed by atoms with Gasteiger partial charge in [-0.25, -0.2) is 18.7 Å². The van der Waals surface area contributed by atoms with E-state index in [1.54, 1.807) is 0 Å². The Balaban J connectivity index is 2.63. The SMILES string of the molecule is Nc1ncnc2c1c(Br)cn2CC(F)F. The molecule has 0 radical (unpaired) electrons. The zero-order chi connectivity index (χ0) is 11.0. The summed E-state index contributed by atoms with van der Waals surface area (Å²) in [4.78, 5) is 7.72. The zero-order valence-corrected chi connectivity index (χ0v) is 9.08. The largest absolute Gasteiger partial charge is 0.383 e. The van der Waals surface area contributed by atoms with Crippen molar-refractivity contribution in [2.45, 2.75) is 13.0 Å². The monoisotopic (exact) mass is 276 g/mol. The van der Waals surface area contributed by atoms with E-state index in [1.165, 1.54) is 17.1 Å². The van der Waals surface area contributed by atoms with Gasteiger partial charge in [-0.1, -0.05) is 0 Å². The number of hydrogen-bond donors (Lipinski definition) is 1. The third-order valence-electron chi connectivity index (χ3n) is 1.97. The second kappa shape index (κ2) is 3.73. The van der Waals surface area contributed by atoms with Crippen LogP contribution in [0.4, 0.5) is 14.6 Å². The molecule has 7 heteroatoms. The van der Waals surface area contributed by atoms with Crippen LogP contribution in [0.2, 0.25) is 0 Å². The molecule has 0 aliphatic rings. The smallest absolute Gasteiger partial charge is 0.256 e. The first-order valence-corrected chi connectivity index (χ1v) is 4.92. The van der Waals surface area contributed by atoms with Gasteiger partial charge in [-0.05, 0) is 15.9 Å². The first kappa shape index (κ1) is 10.3. The Kier molecular flexibility index (Phi) is 2.56. The van der Waals surface area contributed by atoms with Crippen molar-refractivity contribution < 1.29 is 8.78 Å². The highest BCUT2D eigenvalue weighted by Gasteiger charge is 2.13. The first-order valence-electron chi connectivity index (χ1n) is 4.12. The lowest BCUT2D eigenvalue weighted by atomic mass is 10.4. The normalized spacial score (nSPS) is 11.5. The third-order valence-corrected chi connectivity index (χ3v) is 2.57. The van der Waals surface area contributed by atoms with E-state index < -0.39 is 13.0 Å². The van der Waals surface area contributed by atoms with Crippen LogP contribution in [0.5, 0.6) is 0 Å². The van der Waals surface area contributed by atoms with Gasteiger partial charge in [-0.15, -0.1) is 0 Å². The molecule has 2 N–H and O–H groups in total. The molecule has 2 heterocycles. The van der Waals surface area contributed by atoms with Gasteiger partial charge in [0.05, 0.1) is 11.9 Å². The highest BCUT2D eigenvalue weighted by Crippen LogP contribution is 2.28. The number of nitrogens with zero attached hydrogens (tertiary/aromatic N) is 3. The van der Waals surface area contributed by atoms with Crippen LogP contribution in [0, 0.1) is 0 Å². The maximum absolute atomic E-state index is 12.2. The molecule has 0 atom stereocenters. The van der Waals surface area contributed by atoms with Crippen molar-refractivity contribution in [1.82, 2.24) is 14.5 Å². The Morgan fingerprint density at radius 2 is 2.20 bits per heavy atom. The van der Waals surface area contributed by atoms with E-state index in [0.717, 1.165) is 0 Å². The predicted molar refractivity (Wildman–Crippen MR) is 55.6 cm³/mol. The predicted octanol–water partition coefficient (Wildman–Crippen LogP) is 2.04. The first-order chi connectivity index (χ1) is 7.09. The van der Waals surface area contributed by atoms with Gasteiger partial charge in [-0.2, -0.15) is 0 Å². The van der Waals surface area contributed by atoms with Gasteiger partial charge in [0.15, 0.2) is 0 Å². The molecule has 0 fully saturated rings. The fourth-order valence-electron chi connectivity index (χ4n) is 1.39. The summed E-state index contributed by atoms with van der Waals surface area (Å²) in [5, 5.41) is 0.568. The van der Waals surface area contributed by atoms with Gasteiger partial charge < -0.3 is 10.3 Å². The average Bonchev–Trinajstić information content (AvgIpc) is 2.44. The number of nitrogen functional groups attached to an aromatic ring is 1. The van der Waals surface area contributed by atoms with E-state index in [9.17, 15) is 8.78 Å². The molecule has 80 valence electrons. The van der Waals surface area contributed by atoms with Crippen LogP contribution < -0.4 is 5.73 Å². The van der Waals surface area contributed by atoms with E-state index in [0.29, 0.717) is 15.5 Å². The molecule has 2 aromatic rings. The second-order valence-corrected chi connectivity index (χ2v) is 3.83. The summed E-state index contributed by atoms with van der Waals surface area (Å²) in [7, 11) is 0. The van der Waals surface area contributed by atoms with E-state index in [4.69, 9.17) is 5.73 Å². The van der Waals surface area contributed by atoms with Crippen molar-refractivity contribution in [3.63, 3.8) is 0 Å². The van der Waals surface area contributed by atoms with Crippen LogP contribution in [0.15, 0.2) is 17.0 Å². The minimum atomic E-state index is -2.43. The third kappa shape index (κ3) is 1.79. The number of fused-ring (bicyclic) bond motifs is 1. The maximum Gasteiger partial charge on any atom is 0.256 e. The molecule has 0 aromatic carbocycles. The summed E-state index contributed by atoms with van der Waals surface area (Å²) in [5.74, 6) is 0.278. The molecule has 0 spiro atoms. The van der Waals surface area contributed by atoms with Gasteiger partial charge in [0, 0.05) is 10.7 Å². The molecule has 15 heavy (non-hydrogen) atoms. The van der Waals surface area contributed by atoms with Gasteiger partial charge in [-0.3, -0.25) is 0 Å². The summed E-state index contributed by atoms with van der Waals surface area (Å²) >= 11 is 3.23. The van der Waals surface area contributed by atoms with Crippen molar-refractivity contribution in [3.05, 3.63) is 17.0 Å². The lowest BCUT2D eigenvalue weighted by Crippen LogP contribution is -2.06. The summed E-state index contributed by atoms with van der Waals surface area (Å²) < 4.78 is 26.5. The van der Waals surface area contributed by atoms with Crippen LogP contribution in [0.1, 0.15) is 0 Å². The quantitative estimate of drug-likeness (QED) is 0.913. The van der Waals surface area contributed by atoms with Crippen LogP contribution in [0.3, 0.4) is 0 Å². The fourth-order valence-corrected chi connectivity index (χ4v) is 2.01. The molecule has 0 unspecified atom stereocenters. The lowest BCUT2D eigenvalue weighted by Gasteiger charge is -2.02. The summed E-state index contributed by atoms with van der Waals surface area (Å²) in [6.45, 7) is -0.404. The van der Waals surface area contributed by atoms with Crippen LogP contribution in [-0.2, 0) is 6.54 Å². The molecule has 0 bridgehead atoms. The molecule has 2 rings (SSSR count). The van der Waals surface area contributed by atoms with Gasteiger partial charge in [0.2, 0.25) is 0 Å². The number of alkyl halides is 2. The van der Waals surface area contributed by atoms with Crippen molar-refractivity contribution in [3.8, 4) is 0 Å². The Hall–Kier alpha value is -1.24. The number of hydrogen-bond acceptors (Lipinski definition) is 3. The van der Waals surface area contributed by atoms with E-state index >= 15 is 0 Å². The van der Waals surface area contributed by atoms with Crippen molar-refractivity contribution in [2.75, 3.05) is 5.73 Å². The number of nitrogens with two attached hydrogens (primary N) is 1. The lowest BCUT2D eigenvalue weighted by molar-refractivity contribution is 0.128. The number of anilines is 1. The summed E-state index contributed by atoms with van der Waals surface area (Å²) in [6, 6.07) is 0.